The molecule has 88 valence electrons. The zero-order valence-corrected chi connectivity index (χ0v) is 11.1. The Kier molecular flexibility index (Phi) is 3.27. The average molecular weight is 267 g/mol. The van der Waals surface area contributed by atoms with Gasteiger partial charge in [-0.15, -0.1) is 0 Å². The summed E-state index contributed by atoms with van der Waals surface area (Å²) in [4.78, 5) is 4.26. The van der Waals surface area contributed by atoms with Gasteiger partial charge < -0.3 is 5.73 Å². The van der Waals surface area contributed by atoms with Crippen LogP contribution in [0.2, 0.25) is 10.0 Å². The molecule has 0 aliphatic carbocycles. The van der Waals surface area contributed by atoms with E-state index < -0.39 is 0 Å². The normalized spacial score (nSPS) is 10.6. The van der Waals surface area contributed by atoms with Gasteiger partial charge in [-0.1, -0.05) is 40.9 Å². The van der Waals surface area contributed by atoms with E-state index in [9.17, 15) is 0 Å². The lowest BCUT2D eigenvalue weighted by atomic mass is 10.0. The van der Waals surface area contributed by atoms with Gasteiger partial charge in [-0.3, -0.25) is 0 Å². The highest BCUT2D eigenvalue weighted by atomic mass is 35.5. The second kappa shape index (κ2) is 4.55. The number of benzene rings is 1. The van der Waals surface area contributed by atoms with E-state index in [4.69, 9.17) is 28.9 Å². The van der Waals surface area contributed by atoms with Gasteiger partial charge in [0.25, 0.3) is 0 Å². The Labute approximate surface area is 110 Å². The first kappa shape index (κ1) is 12.2. The van der Waals surface area contributed by atoms with Crippen molar-refractivity contribution in [2.75, 3.05) is 5.73 Å². The highest BCUT2D eigenvalue weighted by molar-refractivity contribution is 6.37. The summed E-state index contributed by atoms with van der Waals surface area (Å²) in [5.74, 6) is 0.298. The summed E-state index contributed by atoms with van der Waals surface area (Å²) in [5, 5.41) is 0.891. The number of nitrogen functional groups attached to an aromatic ring is 1. The number of halogens is 2. The van der Waals surface area contributed by atoms with Crippen molar-refractivity contribution in [2.24, 2.45) is 0 Å². The molecule has 0 amide bonds. The molecular weight excluding hydrogens is 255 g/mol. The van der Waals surface area contributed by atoms with Crippen LogP contribution in [0.25, 0.3) is 11.3 Å². The Morgan fingerprint density at radius 3 is 2.47 bits per heavy atom. The Morgan fingerprint density at radius 2 is 1.76 bits per heavy atom. The van der Waals surface area contributed by atoms with Crippen molar-refractivity contribution in [1.82, 2.24) is 4.98 Å². The number of anilines is 1. The van der Waals surface area contributed by atoms with Crippen LogP contribution in [0, 0.1) is 13.8 Å². The molecule has 0 spiro atoms. The van der Waals surface area contributed by atoms with Crippen LogP contribution in [0.3, 0.4) is 0 Å². The zero-order chi connectivity index (χ0) is 12.6. The fourth-order valence-corrected chi connectivity index (χ4v) is 2.12. The summed E-state index contributed by atoms with van der Waals surface area (Å²) >= 11 is 12.0. The number of aromatic nitrogens is 1. The number of nitrogens with zero attached hydrogens (tertiary/aromatic N) is 1. The van der Waals surface area contributed by atoms with Crippen molar-refractivity contribution >= 4 is 29.0 Å². The molecular formula is C13H12Cl2N2. The maximum atomic E-state index is 6.16. The van der Waals surface area contributed by atoms with E-state index in [2.05, 4.69) is 4.98 Å². The molecule has 0 unspecified atom stereocenters. The molecule has 0 aliphatic heterocycles. The molecule has 2 nitrogen and oxygen atoms in total. The molecule has 1 heterocycles. The number of aryl methyl sites for hydroxylation is 2. The molecule has 0 fully saturated rings. The molecule has 0 bridgehead atoms. The summed E-state index contributed by atoms with van der Waals surface area (Å²) in [6.45, 7) is 4.04. The van der Waals surface area contributed by atoms with E-state index in [-0.39, 0.29) is 0 Å². The molecule has 0 saturated carbocycles. The zero-order valence-electron chi connectivity index (χ0n) is 9.59. The van der Waals surface area contributed by atoms with Crippen LogP contribution in [-0.2, 0) is 0 Å². The largest absolute Gasteiger partial charge is 0.382 e. The summed E-state index contributed by atoms with van der Waals surface area (Å²) in [6, 6.07) is 7.75. The molecule has 1 aromatic carbocycles. The second-order valence-corrected chi connectivity index (χ2v) is 4.82. The monoisotopic (exact) mass is 266 g/mol. The van der Waals surface area contributed by atoms with E-state index in [1.54, 1.807) is 6.07 Å². The van der Waals surface area contributed by atoms with Gasteiger partial charge in [0.15, 0.2) is 0 Å². The molecule has 2 rings (SSSR count). The minimum absolute atomic E-state index is 0.298. The van der Waals surface area contributed by atoms with Crippen LogP contribution >= 0.6 is 23.2 Å². The minimum Gasteiger partial charge on any atom is -0.382 e. The molecule has 17 heavy (non-hydrogen) atoms. The van der Waals surface area contributed by atoms with E-state index in [1.807, 2.05) is 32.0 Å². The van der Waals surface area contributed by atoms with E-state index >= 15 is 0 Å². The summed E-state index contributed by atoms with van der Waals surface area (Å²) in [5.41, 5.74) is 9.63. The first-order chi connectivity index (χ1) is 7.99. The third kappa shape index (κ3) is 2.38. The predicted molar refractivity (Wildman–Crippen MR) is 73.6 cm³/mol. The quantitative estimate of drug-likeness (QED) is 0.838. The van der Waals surface area contributed by atoms with Crippen molar-refractivity contribution in [1.29, 1.82) is 0 Å². The molecule has 4 heteroatoms. The number of nitrogens with two attached hydrogens (primary N) is 1. The fraction of sp³-hybridized carbons (Fsp3) is 0.154. The summed E-state index contributed by atoms with van der Waals surface area (Å²) < 4.78 is 0. The van der Waals surface area contributed by atoms with Gasteiger partial charge in [-0.25, -0.2) is 4.98 Å². The van der Waals surface area contributed by atoms with Gasteiger partial charge in [-0.2, -0.15) is 0 Å². The van der Waals surface area contributed by atoms with Crippen molar-refractivity contribution in [3.05, 3.63) is 45.4 Å². The maximum Gasteiger partial charge on any atom is 0.143 e. The molecule has 0 radical (unpaired) electrons. The molecule has 0 saturated heterocycles. The molecule has 2 N–H and O–H groups in total. The lowest BCUT2D eigenvalue weighted by molar-refractivity contribution is 1.30. The number of hydrogen-bond acceptors (Lipinski definition) is 2. The van der Waals surface area contributed by atoms with Gasteiger partial charge in [0, 0.05) is 5.56 Å². The van der Waals surface area contributed by atoms with Crippen molar-refractivity contribution in [2.45, 2.75) is 13.8 Å². The highest BCUT2D eigenvalue weighted by Crippen LogP contribution is 2.33. The average Bonchev–Trinajstić information content (AvgIpc) is 2.27. The third-order valence-corrected chi connectivity index (χ3v) is 3.20. The number of hydrogen-bond donors (Lipinski definition) is 1. The molecule has 0 atom stereocenters. The van der Waals surface area contributed by atoms with Gasteiger partial charge in [0.05, 0.1) is 15.7 Å². The van der Waals surface area contributed by atoms with Crippen molar-refractivity contribution in [3.63, 3.8) is 0 Å². The van der Waals surface area contributed by atoms with Gasteiger partial charge >= 0.3 is 0 Å². The summed E-state index contributed by atoms with van der Waals surface area (Å²) in [7, 11) is 0. The SMILES string of the molecule is Cc1ccc(C)c(-c2nc(N)c(Cl)cc2Cl)c1. The lowest BCUT2D eigenvalue weighted by Crippen LogP contribution is -1.96. The van der Waals surface area contributed by atoms with Crippen molar-refractivity contribution in [3.8, 4) is 11.3 Å². The van der Waals surface area contributed by atoms with Crippen LogP contribution < -0.4 is 5.73 Å². The van der Waals surface area contributed by atoms with Gasteiger partial charge in [0.1, 0.15) is 5.82 Å². The standard InChI is InChI=1S/C13H12Cl2N2/c1-7-3-4-8(2)9(5-7)12-10(14)6-11(15)13(16)17-12/h3-6H,1-2H3,(H2,16,17). The second-order valence-electron chi connectivity index (χ2n) is 4.00. The van der Waals surface area contributed by atoms with Crippen molar-refractivity contribution < 1.29 is 0 Å². The van der Waals surface area contributed by atoms with Crippen LogP contribution in [0.5, 0.6) is 0 Å². The predicted octanol–water partition coefficient (Wildman–Crippen LogP) is 4.25. The van der Waals surface area contributed by atoms with Crippen LogP contribution in [0.15, 0.2) is 24.3 Å². The first-order valence-corrected chi connectivity index (χ1v) is 5.94. The van der Waals surface area contributed by atoms with Gasteiger partial charge in [0.2, 0.25) is 0 Å². The topological polar surface area (TPSA) is 38.9 Å². The van der Waals surface area contributed by atoms with Crippen LogP contribution in [0.4, 0.5) is 5.82 Å². The third-order valence-electron chi connectivity index (χ3n) is 2.60. The lowest BCUT2D eigenvalue weighted by Gasteiger charge is -2.10. The summed E-state index contributed by atoms with van der Waals surface area (Å²) in [6.07, 6.45) is 0. The Bertz CT molecular complexity index is 580. The molecule has 0 aliphatic rings. The molecule has 2 aromatic rings. The van der Waals surface area contributed by atoms with Crippen LogP contribution in [-0.4, -0.2) is 4.98 Å². The van der Waals surface area contributed by atoms with Crippen LogP contribution in [0.1, 0.15) is 11.1 Å². The maximum absolute atomic E-state index is 6.16. The van der Waals surface area contributed by atoms with E-state index in [0.29, 0.717) is 21.6 Å². The first-order valence-electron chi connectivity index (χ1n) is 5.18. The highest BCUT2D eigenvalue weighted by Gasteiger charge is 2.11. The Morgan fingerprint density at radius 1 is 1.06 bits per heavy atom. The number of rotatable bonds is 1. The smallest absolute Gasteiger partial charge is 0.143 e. The van der Waals surface area contributed by atoms with E-state index in [1.165, 1.54) is 0 Å². The number of pyridine rings is 1. The fourth-order valence-electron chi connectivity index (χ4n) is 1.66. The van der Waals surface area contributed by atoms with E-state index in [0.717, 1.165) is 16.7 Å². The Balaban J connectivity index is 2.68. The Hall–Kier alpha value is -1.25. The molecule has 1 aromatic heterocycles. The van der Waals surface area contributed by atoms with Gasteiger partial charge in [-0.05, 0) is 31.5 Å². The minimum atomic E-state index is 0.298.